The number of allylic oxidation sites excluding steroid dienone is 1. The van der Waals surface area contributed by atoms with Crippen molar-refractivity contribution in [1.82, 2.24) is 29.6 Å². The van der Waals surface area contributed by atoms with E-state index in [9.17, 15) is 32.4 Å². The first-order valence-electron chi connectivity index (χ1n) is 29.3. The Labute approximate surface area is 482 Å². The van der Waals surface area contributed by atoms with Gasteiger partial charge in [0.25, 0.3) is 27.7 Å². The summed E-state index contributed by atoms with van der Waals surface area (Å²) < 4.78 is 29.8. The van der Waals surface area contributed by atoms with E-state index >= 15 is 0 Å². The molecule has 4 heterocycles. The molecule has 16 nitrogen and oxygen atoms in total. The van der Waals surface area contributed by atoms with Gasteiger partial charge in [-0.2, -0.15) is 0 Å². The Morgan fingerprint density at radius 1 is 0.778 bits per heavy atom. The Kier molecular flexibility index (Phi) is 16.3. The van der Waals surface area contributed by atoms with Crippen LogP contribution in [-0.2, 0) is 19.6 Å². The fourth-order valence-electron chi connectivity index (χ4n) is 14.0. The van der Waals surface area contributed by atoms with Crippen LogP contribution in [0.2, 0.25) is 0 Å². The standard InChI is InChI=1S/C63H79N9O7S2/c1-43-36-49(81(78,79)67-57(74)44-14-16-47(17-15-44)71-34-32-70(33-35-71)38-45-22-24-61(2,3)37-51(45)63-40-62(4,41-63)42-63)18-19-52(43)65-46(39-80-48-10-6-5-7-11-48)23-27-69-30-28-68(29-31-69)26-9-25-64-53-13-8-12-50-56(53)60(77)72(59(50)76)54-20-21-55(73)66-58(54)75/h5-8,10-19,36,46,54,64-65H,9,20-35,37-42H2,1-4H3,(H,67,74)(H,66,73,75)/t46-,54?,62?,63?/m1/s1. The number of nitrogens with zero attached hydrogens (tertiary/aromatic N) is 5. The van der Waals surface area contributed by atoms with Crippen LogP contribution in [0.25, 0.3) is 0 Å². The molecular formula is C63H79N9O7S2. The number of aryl methyl sites for hydroxylation is 1. The number of anilines is 3. The summed E-state index contributed by atoms with van der Waals surface area (Å²) >= 11 is 1.78. The monoisotopic (exact) mass is 1140 g/mol. The summed E-state index contributed by atoms with van der Waals surface area (Å²) in [5.74, 6) is -1.93. The van der Waals surface area contributed by atoms with E-state index in [1.807, 2.05) is 37.3 Å². The Bertz CT molecular complexity index is 3190. The normalized spacial score (nSPS) is 24.5. The molecule has 6 fully saturated rings. The fourth-order valence-corrected chi connectivity index (χ4v) is 16.1. The quantitative estimate of drug-likeness (QED) is 0.0270. The van der Waals surface area contributed by atoms with Crippen molar-refractivity contribution in [3.8, 4) is 0 Å². The second-order valence-corrected chi connectivity index (χ2v) is 27.9. The molecule has 430 valence electrons. The highest BCUT2D eigenvalue weighted by molar-refractivity contribution is 7.99. The van der Waals surface area contributed by atoms with Crippen LogP contribution >= 0.6 is 11.8 Å². The number of rotatable bonds is 21. The van der Waals surface area contributed by atoms with Crippen molar-refractivity contribution in [2.45, 2.75) is 114 Å². The number of piperidine rings is 1. The maximum Gasteiger partial charge on any atom is 0.264 e. The smallest absolute Gasteiger partial charge is 0.264 e. The summed E-state index contributed by atoms with van der Waals surface area (Å²) in [5.41, 5.74) is 9.04. The molecule has 0 spiro atoms. The minimum atomic E-state index is -4.16. The zero-order valence-electron chi connectivity index (χ0n) is 47.5. The SMILES string of the molecule is Cc1cc(S(=O)(=O)NC(=O)c2ccc(N3CCN(CC4=C(C56CC(C)(C5)C6)CC(C)(C)CC4)CC3)cc2)ccc1N[C@H](CCN1CCN(CCCNc2cccc3c2C(=O)N(C2CCC(=O)NC2=O)C3=O)CC1)CSc1ccccc1. The molecule has 2 atom stereocenters. The van der Waals surface area contributed by atoms with E-state index < -0.39 is 45.6 Å². The number of hydrogen-bond acceptors (Lipinski definition) is 14. The van der Waals surface area contributed by atoms with Crippen LogP contribution in [0, 0.1) is 23.2 Å². The Balaban J connectivity index is 0.635. The Hall–Kier alpha value is -6.05. The van der Waals surface area contributed by atoms with E-state index in [2.05, 4.69) is 73.2 Å². The second kappa shape index (κ2) is 23.3. The second-order valence-electron chi connectivity index (χ2n) is 25.2. The van der Waals surface area contributed by atoms with Crippen LogP contribution in [0.3, 0.4) is 0 Å². The summed E-state index contributed by atoms with van der Waals surface area (Å²) in [6.45, 7) is 20.1. The van der Waals surface area contributed by atoms with Crippen molar-refractivity contribution in [1.29, 1.82) is 0 Å². The first-order chi connectivity index (χ1) is 38.8. The van der Waals surface area contributed by atoms with Gasteiger partial charge in [0, 0.05) is 118 Å². The van der Waals surface area contributed by atoms with Gasteiger partial charge in [-0.05, 0) is 160 Å². The molecule has 4 aliphatic heterocycles. The molecule has 4 aliphatic carbocycles. The van der Waals surface area contributed by atoms with E-state index in [0.717, 1.165) is 112 Å². The average molecular weight is 1140 g/mol. The number of piperazine rings is 2. The fraction of sp³-hybridized carbons (Fsp3) is 0.508. The molecular weight excluding hydrogens is 1060 g/mol. The van der Waals surface area contributed by atoms with Crippen molar-refractivity contribution < 1.29 is 32.4 Å². The minimum Gasteiger partial charge on any atom is -0.384 e. The van der Waals surface area contributed by atoms with Crippen LogP contribution in [-0.4, -0.2) is 154 Å². The lowest BCUT2D eigenvalue weighted by Crippen LogP contribution is -2.61. The average Bonchev–Trinajstić information content (AvgIpc) is 3.22. The molecule has 18 heteroatoms. The zero-order chi connectivity index (χ0) is 56.7. The number of amides is 5. The Morgan fingerprint density at radius 2 is 1.48 bits per heavy atom. The number of fused-ring (bicyclic) bond motifs is 1. The van der Waals surface area contributed by atoms with Gasteiger partial charge in [0.1, 0.15) is 6.04 Å². The largest absolute Gasteiger partial charge is 0.384 e. The molecule has 5 amide bonds. The van der Waals surface area contributed by atoms with Gasteiger partial charge >= 0.3 is 0 Å². The number of imide groups is 2. The van der Waals surface area contributed by atoms with Gasteiger partial charge in [-0.3, -0.25) is 39.1 Å². The number of carbonyl (C=O) groups is 5. The van der Waals surface area contributed by atoms with Crippen molar-refractivity contribution in [2.75, 3.05) is 99.8 Å². The van der Waals surface area contributed by atoms with Crippen LogP contribution in [0.4, 0.5) is 17.1 Å². The van der Waals surface area contributed by atoms with Crippen molar-refractivity contribution in [3.05, 3.63) is 124 Å². The molecule has 2 bridgehead atoms. The highest BCUT2D eigenvalue weighted by Crippen LogP contribution is 2.77. The first kappa shape index (κ1) is 56.8. The van der Waals surface area contributed by atoms with Crippen LogP contribution < -0.4 is 25.6 Å². The molecule has 0 aromatic heterocycles. The van der Waals surface area contributed by atoms with Gasteiger partial charge in [0.15, 0.2) is 0 Å². The van der Waals surface area contributed by atoms with E-state index in [-0.39, 0.29) is 34.9 Å². The molecule has 4 aromatic carbocycles. The zero-order valence-corrected chi connectivity index (χ0v) is 49.1. The molecule has 3 saturated carbocycles. The van der Waals surface area contributed by atoms with Gasteiger partial charge in [-0.1, -0.05) is 56.2 Å². The van der Waals surface area contributed by atoms with Crippen LogP contribution in [0.15, 0.2) is 112 Å². The number of thioether (sulfide) groups is 1. The number of carbonyl (C=O) groups excluding carboxylic acids is 5. The van der Waals surface area contributed by atoms with Gasteiger partial charge in [-0.25, -0.2) is 13.1 Å². The third-order valence-electron chi connectivity index (χ3n) is 18.4. The summed E-state index contributed by atoms with van der Waals surface area (Å²) in [6, 6.07) is 26.8. The molecule has 0 radical (unpaired) electrons. The summed E-state index contributed by atoms with van der Waals surface area (Å²) in [4.78, 5) is 76.7. The molecule has 3 saturated heterocycles. The van der Waals surface area contributed by atoms with Gasteiger partial charge in [0.05, 0.1) is 16.0 Å². The first-order valence-corrected chi connectivity index (χ1v) is 31.7. The van der Waals surface area contributed by atoms with Crippen molar-refractivity contribution in [2.24, 2.45) is 16.2 Å². The van der Waals surface area contributed by atoms with Gasteiger partial charge in [0.2, 0.25) is 11.8 Å². The third kappa shape index (κ3) is 12.5. The topological polar surface area (TPSA) is 184 Å². The van der Waals surface area contributed by atoms with E-state index in [0.29, 0.717) is 34.0 Å². The van der Waals surface area contributed by atoms with Crippen molar-refractivity contribution >= 4 is 68.4 Å². The molecule has 81 heavy (non-hydrogen) atoms. The van der Waals surface area contributed by atoms with Crippen LogP contribution in [0.5, 0.6) is 0 Å². The maximum atomic E-state index is 13.7. The highest BCUT2D eigenvalue weighted by Gasteiger charge is 2.67. The van der Waals surface area contributed by atoms with Crippen molar-refractivity contribution in [3.63, 3.8) is 0 Å². The highest BCUT2D eigenvalue weighted by atomic mass is 32.2. The number of benzene rings is 4. The summed E-state index contributed by atoms with van der Waals surface area (Å²) in [6.07, 6.45) is 9.78. The Morgan fingerprint density at radius 3 is 2.17 bits per heavy atom. The lowest BCUT2D eigenvalue weighted by Gasteiger charge is -2.72. The molecule has 4 N–H and O–H groups in total. The van der Waals surface area contributed by atoms with Crippen LogP contribution in [0.1, 0.15) is 122 Å². The number of hydrogen-bond donors (Lipinski definition) is 4. The predicted octanol–water partition coefficient (Wildman–Crippen LogP) is 8.42. The van der Waals surface area contributed by atoms with Gasteiger partial charge < -0.3 is 25.3 Å². The van der Waals surface area contributed by atoms with E-state index in [1.165, 1.54) is 43.4 Å². The molecule has 4 aromatic rings. The van der Waals surface area contributed by atoms with Gasteiger partial charge in [-0.15, -0.1) is 11.8 Å². The molecule has 8 aliphatic rings. The van der Waals surface area contributed by atoms with E-state index in [4.69, 9.17) is 0 Å². The number of nitrogens with one attached hydrogen (secondary N) is 4. The maximum absolute atomic E-state index is 13.7. The lowest BCUT2D eigenvalue weighted by molar-refractivity contribution is -0.167. The molecule has 1 unspecified atom stereocenters. The predicted molar refractivity (Wildman–Crippen MR) is 318 cm³/mol. The number of sulfonamides is 1. The van der Waals surface area contributed by atoms with E-state index in [1.54, 1.807) is 71.4 Å². The summed E-state index contributed by atoms with van der Waals surface area (Å²) in [7, 11) is -4.16. The third-order valence-corrected chi connectivity index (χ3v) is 20.9. The summed E-state index contributed by atoms with van der Waals surface area (Å²) in [5, 5.41) is 9.36. The lowest BCUT2D eigenvalue weighted by atomic mass is 9.33. The molecule has 12 rings (SSSR count). The minimum absolute atomic E-state index is 0.0316.